The lowest BCUT2D eigenvalue weighted by Gasteiger charge is -2.27. The standard InChI is InChI=1S/C25H35NO5/c1-7-9-16-21(27)30-23(19-14-11-10-12-15-19)18(3)26-24(29)20(13-8-2)17-22(28)31-25(4,5)6/h7-8,10-12,14-15,18,20,23H,1-2,9,13,16-17H2,3-6H3,(H,26,29). The summed E-state index contributed by atoms with van der Waals surface area (Å²) in [6.45, 7) is 14.4. The number of amides is 1. The van der Waals surface area contributed by atoms with Gasteiger partial charge in [0.2, 0.25) is 5.91 Å². The highest BCUT2D eigenvalue weighted by Gasteiger charge is 2.29. The molecular formula is C25H35NO5. The van der Waals surface area contributed by atoms with E-state index in [4.69, 9.17) is 9.47 Å². The molecule has 0 radical (unpaired) electrons. The Labute approximate surface area is 185 Å². The first-order chi connectivity index (χ1) is 14.6. The van der Waals surface area contributed by atoms with E-state index in [1.165, 1.54) is 0 Å². The first-order valence-electron chi connectivity index (χ1n) is 10.6. The van der Waals surface area contributed by atoms with Crippen molar-refractivity contribution in [2.24, 2.45) is 5.92 Å². The second-order valence-electron chi connectivity index (χ2n) is 8.46. The minimum atomic E-state index is -0.659. The fourth-order valence-corrected chi connectivity index (χ4v) is 3.01. The molecule has 0 aliphatic heterocycles. The second-order valence-corrected chi connectivity index (χ2v) is 8.46. The summed E-state index contributed by atoms with van der Waals surface area (Å²) in [4.78, 5) is 37.4. The number of hydrogen-bond donors (Lipinski definition) is 1. The molecule has 6 heteroatoms. The topological polar surface area (TPSA) is 81.7 Å². The normalized spacial score (nSPS) is 13.9. The zero-order valence-corrected chi connectivity index (χ0v) is 19.1. The van der Waals surface area contributed by atoms with Gasteiger partial charge in [0.15, 0.2) is 0 Å². The smallest absolute Gasteiger partial charge is 0.307 e. The predicted molar refractivity (Wildman–Crippen MR) is 121 cm³/mol. The molecule has 1 N–H and O–H groups in total. The van der Waals surface area contributed by atoms with E-state index in [2.05, 4.69) is 18.5 Å². The van der Waals surface area contributed by atoms with Crippen molar-refractivity contribution in [1.82, 2.24) is 5.32 Å². The number of hydrogen-bond acceptors (Lipinski definition) is 5. The number of ether oxygens (including phenoxy) is 2. The molecule has 1 amide bonds. The number of benzene rings is 1. The monoisotopic (exact) mass is 429 g/mol. The van der Waals surface area contributed by atoms with Crippen molar-refractivity contribution in [2.75, 3.05) is 0 Å². The maximum atomic E-state index is 12.9. The Kier molecular flexibility index (Phi) is 10.7. The van der Waals surface area contributed by atoms with E-state index in [-0.39, 0.29) is 24.7 Å². The number of rotatable bonds is 12. The van der Waals surface area contributed by atoms with Crippen LogP contribution in [-0.4, -0.2) is 29.5 Å². The summed E-state index contributed by atoms with van der Waals surface area (Å²) in [5, 5.41) is 2.90. The molecule has 0 saturated carbocycles. The summed E-state index contributed by atoms with van der Waals surface area (Å²) in [5.74, 6) is -1.76. The summed E-state index contributed by atoms with van der Waals surface area (Å²) in [7, 11) is 0. The molecule has 0 heterocycles. The zero-order valence-electron chi connectivity index (χ0n) is 19.1. The Morgan fingerprint density at radius 1 is 1.06 bits per heavy atom. The van der Waals surface area contributed by atoms with Gasteiger partial charge in [-0.05, 0) is 46.1 Å². The minimum Gasteiger partial charge on any atom is -0.460 e. The second kappa shape index (κ2) is 12.7. The van der Waals surface area contributed by atoms with Crippen molar-refractivity contribution in [3.8, 4) is 0 Å². The highest BCUT2D eigenvalue weighted by molar-refractivity contribution is 5.84. The average Bonchev–Trinajstić information content (AvgIpc) is 2.69. The molecule has 0 spiro atoms. The number of esters is 2. The van der Waals surface area contributed by atoms with E-state index in [1.807, 2.05) is 30.3 Å². The van der Waals surface area contributed by atoms with Gasteiger partial charge in [-0.15, -0.1) is 13.2 Å². The Hall–Kier alpha value is -2.89. The van der Waals surface area contributed by atoms with Crippen molar-refractivity contribution in [3.63, 3.8) is 0 Å². The molecule has 6 nitrogen and oxygen atoms in total. The Morgan fingerprint density at radius 2 is 1.71 bits per heavy atom. The molecule has 0 bridgehead atoms. The van der Waals surface area contributed by atoms with Gasteiger partial charge >= 0.3 is 11.9 Å². The molecule has 0 aromatic heterocycles. The van der Waals surface area contributed by atoms with E-state index in [0.29, 0.717) is 12.8 Å². The van der Waals surface area contributed by atoms with Gasteiger partial charge in [-0.3, -0.25) is 14.4 Å². The number of nitrogens with one attached hydrogen (secondary N) is 1. The van der Waals surface area contributed by atoms with Gasteiger partial charge < -0.3 is 14.8 Å². The SMILES string of the molecule is C=CCCC(=O)OC(c1ccccc1)C(C)NC(=O)C(CC=C)CC(=O)OC(C)(C)C. The van der Waals surface area contributed by atoms with Crippen LogP contribution in [0.5, 0.6) is 0 Å². The molecule has 0 aliphatic carbocycles. The van der Waals surface area contributed by atoms with Crippen LogP contribution in [-0.2, 0) is 23.9 Å². The molecule has 3 atom stereocenters. The van der Waals surface area contributed by atoms with E-state index in [1.54, 1.807) is 39.8 Å². The molecule has 1 aromatic rings. The highest BCUT2D eigenvalue weighted by atomic mass is 16.6. The van der Waals surface area contributed by atoms with Gasteiger partial charge in [0, 0.05) is 6.42 Å². The van der Waals surface area contributed by atoms with Crippen molar-refractivity contribution < 1.29 is 23.9 Å². The number of carbonyl (C=O) groups excluding carboxylic acids is 3. The van der Waals surface area contributed by atoms with Crippen LogP contribution in [0.4, 0.5) is 0 Å². The van der Waals surface area contributed by atoms with Crippen LogP contribution in [0.1, 0.15) is 65.0 Å². The summed E-state index contributed by atoms with van der Waals surface area (Å²) in [5.41, 5.74) is 0.145. The van der Waals surface area contributed by atoms with E-state index in [0.717, 1.165) is 5.56 Å². The third-order valence-electron chi connectivity index (χ3n) is 4.42. The zero-order chi connectivity index (χ0) is 23.4. The van der Waals surface area contributed by atoms with Gasteiger partial charge in [-0.1, -0.05) is 42.5 Å². The van der Waals surface area contributed by atoms with Gasteiger partial charge in [0.05, 0.1) is 18.4 Å². The fourth-order valence-electron chi connectivity index (χ4n) is 3.01. The summed E-state index contributed by atoms with van der Waals surface area (Å²) in [6.07, 6.45) is 3.59. The summed E-state index contributed by atoms with van der Waals surface area (Å²) >= 11 is 0. The number of allylic oxidation sites excluding steroid dienone is 2. The van der Waals surface area contributed by atoms with E-state index < -0.39 is 29.6 Å². The number of carbonyl (C=O) groups is 3. The third-order valence-corrected chi connectivity index (χ3v) is 4.42. The first kappa shape index (κ1) is 26.1. The molecule has 0 saturated heterocycles. The highest BCUT2D eigenvalue weighted by Crippen LogP contribution is 2.23. The van der Waals surface area contributed by atoms with Gasteiger partial charge in [-0.25, -0.2) is 0 Å². The van der Waals surface area contributed by atoms with Crippen LogP contribution >= 0.6 is 0 Å². The van der Waals surface area contributed by atoms with Crippen molar-refractivity contribution in [2.45, 2.75) is 71.1 Å². The predicted octanol–water partition coefficient (Wildman–Crippen LogP) is 4.67. The van der Waals surface area contributed by atoms with Gasteiger partial charge in [0.25, 0.3) is 0 Å². The van der Waals surface area contributed by atoms with Crippen molar-refractivity contribution >= 4 is 17.8 Å². The maximum absolute atomic E-state index is 12.9. The minimum absolute atomic E-state index is 0.0586. The molecule has 0 aliphatic rings. The molecule has 3 unspecified atom stereocenters. The summed E-state index contributed by atoms with van der Waals surface area (Å²) < 4.78 is 11.0. The molecule has 1 rings (SSSR count). The third kappa shape index (κ3) is 10.1. The van der Waals surface area contributed by atoms with Crippen LogP contribution in [0.25, 0.3) is 0 Å². The van der Waals surface area contributed by atoms with Crippen LogP contribution in [0.3, 0.4) is 0 Å². The summed E-state index contributed by atoms with van der Waals surface area (Å²) in [6, 6.07) is 8.74. The van der Waals surface area contributed by atoms with Gasteiger partial charge in [0.1, 0.15) is 11.7 Å². The molecule has 170 valence electrons. The van der Waals surface area contributed by atoms with Crippen molar-refractivity contribution in [1.29, 1.82) is 0 Å². The average molecular weight is 430 g/mol. The van der Waals surface area contributed by atoms with E-state index >= 15 is 0 Å². The Balaban J connectivity index is 2.92. The van der Waals surface area contributed by atoms with E-state index in [9.17, 15) is 14.4 Å². The van der Waals surface area contributed by atoms with Crippen LogP contribution in [0.2, 0.25) is 0 Å². The molecule has 31 heavy (non-hydrogen) atoms. The fraction of sp³-hybridized carbons (Fsp3) is 0.480. The largest absolute Gasteiger partial charge is 0.460 e. The molecule has 0 fully saturated rings. The maximum Gasteiger partial charge on any atom is 0.307 e. The Morgan fingerprint density at radius 3 is 2.26 bits per heavy atom. The van der Waals surface area contributed by atoms with Crippen molar-refractivity contribution in [3.05, 3.63) is 61.2 Å². The van der Waals surface area contributed by atoms with Crippen LogP contribution in [0.15, 0.2) is 55.6 Å². The lowest BCUT2D eigenvalue weighted by atomic mass is 9.98. The molecule has 1 aromatic carbocycles. The lowest BCUT2D eigenvalue weighted by molar-refractivity contribution is -0.157. The molecular weight excluding hydrogens is 394 g/mol. The van der Waals surface area contributed by atoms with Crippen LogP contribution in [0, 0.1) is 5.92 Å². The Bertz CT molecular complexity index is 751. The first-order valence-corrected chi connectivity index (χ1v) is 10.6. The van der Waals surface area contributed by atoms with Gasteiger partial charge in [-0.2, -0.15) is 0 Å². The quantitative estimate of drug-likeness (QED) is 0.386. The van der Waals surface area contributed by atoms with Crippen LogP contribution < -0.4 is 5.32 Å². The lowest BCUT2D eigenvalue weighted by Crippen LogP contribution is -2.42.